The van der Waals surface area contributed by atoms with E-state index in [1.54, 1.807) is 46.8 Å². The molecule has 15 heteroatoms. The van der Waals surface area contributed by atoms with Crippen molar-refractivity contribution in [3.63, 3.8) is 0 Å². The molecule has 0 aliphatic carbocycles. The Labute approximate surface area is 285 Å². The molecule has 49 heavy (non-hydrogen) atoms. The standard InChI is InChI=1S/C33H33N7O6S2.CH4/c41-32(36-42)30-23-34-33(38-15-19-40(20-16-38)48(45,46)29-12-10-25-6-2-4-8-27(25)22-29)35-31(30)37-13-17-39(18-14-37)47(43,44)28-11-9-24-5-1-3-7-26(24)21-28;/h1-12,21-23,42H,13-20H2,(H,36,41);1H4. The van der Waals surface area contributed by atoms with Crippen LogP contribution in [0.1, 0.15) is 17.8 Å². The van der Waals surface area contributed by atoms with E-state index in [4.69, 9.17) is 0 Å². The molecule has 2 fully saturated rings. The van der Waals surface area contributed by atoms with Crippen molar-refractivity contribution in [2.24, 2.45) is 0 Å². The molecule has 2 N–H and O–H groups in total. The van der Waals surface area contributed by atoms with E-state index in [2.05, 4.69) is 9.97 Å². The number of sulfonamides is 2. The van der Waals surface area contributed by atoms with Crippen molar-refractivity contribution in [3.05, 3.63) is 96.7 Å². The van der Waals surface area contributed by atoms with Crippen LogP contribution in [0.5, 0.6) is 0 Å². The van der Waals surface area contributed by atoms with Gasteiger partial charge in [-0.2, -0.15) is 13.6 Å². The Morgan fingerprint density at radius 1 is 0.633 bits per heavy atom. The van der Waals surface area contributed by atoms with Crippen molar-refractivity contribution in [3.8, 4) is 0 Å². The number of amides is 1. The first kappa shape index (κ1) is 34.2. The lowest BCUT2D eigenvalue weighted by Crippen LogP contribution is -2.50. The lowest BCUT2D eigenvalue weighted by atomic mass is 10.1. The zero-order chi connectivity index (χ0) is 33.5. The second kappa shape index (κ2) is 13.7. The highest BCUT2D eigenvalue weighted by molar-refractivity contribution is 7.89. The summed E-state index contributed by atoms with van der Waals surface area (Å²) in [4.78, 5) is 25.7. The van der Waals surface area contributed by atoms with Gasteiger partial charge in [0.1, 0.15) is 11.4 Å². The molecule has 4 aromatic carbocycles. The molecule has 0 atom stereocenters. The molecule has 2 aliphatic heterocycles. The Bertz CT molecular complexity index is 2240. The maximum Gasteiger partial charge on any atom is 0.279 e. The average molecular weight is 704 g/mol. The molecule has 7 rings (SSSR count). The van der Waals surface area contributed by atoms with E-state index in [-0.39, 0.29) is 67.9 Å². The van der Waals surface area contributed by atoms with E-state index >= 15 is 0 Å². The number of hydroxylamine groups is 1. The molecule has 0 bridgehead atoms. The second-order valence-corrected chi connectivity index (χ2v) is 15.5. The summed E-state index contributed by atoms with van der Waals surface area (Å²) in [6.07, 6.45) is 1.32. The fraction of sp³-hybridized carbons (Fsp3) is 0.265. The Kier molecular flexibility index (Phi) is 9.55. The van der Waals surface area contributed by atoms with Gasteiger partial charge < -0.3 is 9.80 Å². The van der Waals surface area contributed by atoms with Crippen molar-refractivity contribution in [2.75, 3.05) is 62.2 Å². The Morgan fingerprint density at radius 3 is 1.55 bits per heavy atom. The van der Waals surface area contributed by atoms with Gasteiger partial charge in [0.05, 0.1) is 9.79 Å². The smallest absolute Gasteiger partial charge is 0.279 e. The largest absolute Gasteiger partial charge is 0.353 e. The number of aromatic nitrogens is 2. The minimum atomic E-state index is -3.77. The molecule has 5 aromatic rings. The highest BCUT2D eigenvalue weighted by Crippen LogP contribution is 2.28. The van der Waals surface area contributed by atoms with Crippen LogP contribution in [0.4, 0.5) is 11.8 Å². The molecule has 0 unspecified atom stereocenters. The number of nitrogens with one attached hydrogen (secondary N) is 1. The van der Waals surface area contributed by atoms with Gasteiger partial charge in [-0.15, -0.1) is 0 Å². The summed E-state index contributed by atoms with van der Waals surface area (Å²) in [6, 6.07) is 25.3. The number of piperazine rings is 2. The summed E-state index contributed by atoms with van der Waals surface area (Å²) in [5.41, 5.74) is 1.67. The highest BCUT2D eigenvalue weighted by Gasteiger charge is 2.33. The number of nitrogens with zero attached hydrogens (tertiary/aromatic N) is 6. The number of rotatable bonds is 7. The molecule has 0 radical (unpaired) electrons. The molecular formula is C34H37N7O6S2. The summed E-state index contributed by atoms with van der Waals surface area (Å²) in [6.45, 7) is 1.83. The minimum Gasteiger partial charge on any atom is -0.353 e. The normalized spacial score (nSPS) is 16.4. The average Bonchev–Trinajstić information content (AvgIpc) is 3.14. The molecule has 1 aromatic heterocycles. The van der Waals surface area contributed by atoms with E-state index in [1.807, 2.05) is 53.4 Å². The van der Waals surface area contributed by atoms with Crippen molar-refractivity contribution in [1.29, 1.82) is 0 Å². The van der Waals surface area contributed by atoms with Gasteiger partial charge in [0, 0.05) is 58.6 Å². The van der Waals surface area contributed by atoms with E-state index < -0.39 is 26.0 Å². The number of fused-ring (bicyclic) bond motifs is 2. The topological polar surface area (TPSA) is 156 Å². The summed E-state index contributed by atoms with van der Waals surface area (Å²) in [5.74, 6) is -0.247. The quantitative estimate of drug-likeness (QED) is 0.190. The molecule has 2 saturated heterocycles. The van der Waals surface area contributed by atoms with Crippen LogP contribution in [-0.2, 0) is 20.0 Å². The van der Waals surface area contributed by atoms with E-state index in [0.717, 1.165) is 21.5 Å². The molecule has 1 amide bonds. The van der Waals surface area contributed by atoms with Crippen LogP contribution in [0.25, 0.3) is 21.5 Å². The third-order valence-electron chi connectivity index (χ3n) is 8.88. The number of hydrogen-bond donors (Lipinski definition) is 2. The summed E-state index contributed by atoms with van der Waals surface area (Å²) in [7, 11) is -7.50. The van der Waals surface area contributed by atoms with E-state index in [0.29, 0.717) is 19.0 Å². The molecule has 0 spiro atoms. The molecule has 13 nitrogen and oxygen atoms in total. The van der Waals surface area contributed by atoms with Gasteiger partial charge in [0.15, 0.2) is 0 Å². The summed E-state index contributed by atoms with van der Waals surface area (Å²) in [5, 5.41) is 13.0. The van der Waals surface area contributed by atoms with E-state index in [1.165, 1.54) is 14.8 Å². The lowest BCUT2D eigenvalue weighted by molar-refractivity contribution is 0.0706. The summed E-state index contributed by atoms with van der Waals surface area (Å²) >= 11 is 0. The third-order valence-corrected chi connectivity index (χ3v) is 12.7. The van der Waals surface area contributed by atoms with Crippen LogP contribution < -0.4 is 15.3 Å². The SMILES string of the molecule is C.O=C(NO)c1cnc(N2CCN(S(=O)(=O)c3ccc4ccccc4c3)CC2)nc1N1CCN(S(=O)(=O)c2ccc3ccccc3c2)CC1. The van der Waals surface area contributed by atoms with Crippen molar-refractivity contribution in [2.45, 2.75) is 17.2 Å². The van der Waals surface area contributed by atoms with Crippen LogP contribution >= 0.6 is 0 Å². The fourth-order valence-electron chi connectivity index (χ4n) is 6.20. The van der Waals surface area contributed by atoms with Gasteiger partial charge in [-0.1, -0.05) is 68.1 Å². The predicted molar refractivity (Wildman–Crippen MR) is 188 cm³/mol. The predicted octanol–water partition coefficient (Wildman–Crippen LogP) is 3.56. The number of anilines is 2. The van der Waals surface area contributed by atoms with Crippen molar-refractivity contribution >= 4 is 59.3 Å². The second-order valence-electron chi connectivity index (χ2n) is 11.6. The highest BCUT2D eigenvalue weighted by atomic mass is 32.2. The van der Waals surface area contributed by atoms with Gasteiger partial charge in [-0.25, -0.2) is 27.3 Å². The first-order chi connectivity index (χ1) is 23.1. The first-order valence-corrected chi connectivity index (χ1v) is 18.3. The third kappa shape index (κ3) is 6.55. The van der Waals surface area contributed by atoms with Gasteiger partial charge in [0.2, 0.25) is 26.0 Å². The molecule has 0 saturated carbocycles. The maximum absolute atomic E-state index is 13.5. The monoisotopic (exact) mass is 703 g/mol. The molecule has 3 heterocycles. The van der Waals surface area contributed by atoms with Gasteiger partial charge in [0.25, 0.3) is 5.91 Å². The molecule has 256 valence electrons. The number of carbonyl (C=O) groups is 1. The molecule has 2 aliphatic rings. The van der Waals surface area contributed by atoms with Gasteiger partial charge >= 0.3 is 0 Å². The molecular weight excluding hydrogens is 667 g/mol. The lowest BCUT2D eigenvalue weighted by Gasteiger charge is -2.37. The van der Waals surface area contributed by atoms with Crippen molar-refractivity contribution in [1.82, 2.24) is 24.1 Å². The van der Waals surface area contributed by atoms with Crippen LogP contribution in [0.3, 0.4) is 0 Å². The van der Waals surface area contributed by atoms with Crippen molar-refractivity contribution < 1.29 is 26.8 Å². The Morgan fingerprint density at radius 2 is 1.08 bits per heavy atom. The van der Waals surface area contributed by atoms with Crippen LogP contribution in [0.15, 0.2) is 101 Å². The summed E-state index contributed by atoms with van der Waals surface area (Å²) < 4.78 is 56.9. The van der Waals surface area contributed by atoms with Crippen LogP contribution in [0.2, 0.25) is 0 Å². The number of carbonyl (C=O) groups excluding carboxylic acids is 1. The zero-order valence-corrected chi connectivity index (χ0v) is 27.4. The Hall–Kier alpha value is -4.67. The number of hydrogen-bond acceptors (Lipinski definition) is 10. The number of benzene rings is 4. The maximum atomic E-state index is 13.5. The van der Waals surface area contributed by atoms with Crippen LogP contribution in [-0.4, -0.2) is 98.9 Å². The van der Waals surface area contributed by atoms with Gasteiger partial charge in [-0.05, 0) is 45.8 Å². The van der Waals surface area contributed by atoms with E-state index in [9.17, 15) is 26.8 Å². The first-order valence-electron chi connectivity index (χ1n) is 15.4. The fourth-order valence-corrected chi connectivity index (χ4v) is 9.12. The van der Waals surface area contributed by atoms with Crippen LogP contribution in [0, 0.1) is 0 Å². The minimum absolute atomic E-state index is 0. The zero-order valence-electron chi connectivity index (χ0n) is 25.8. The Balaban J connectivity index is 0.00000417. The van der Waals surface area contributed by atoms with Gasteiger partial charge in [-0.3, -0.25) is 10.0 Å².